The Balaban J connectivity index is 2.48. The molecule has 1 aliphatic rings. The van der Waals surface area contributed by atoms with Crippen LogP contribution >= 0.6 is 0 Å². The van der Waals surface area contributed by atoms with Gasteiger partial charge in [-0.2, -0.15) is 4.31 Å². The number of benzene rings is 1. The van der Waals surface area contributed by atoms with E-state index in [1.165, 1.54) is 35.6 Å². The van der Waals surface area contributed by atoms with Crippen molar-refractivity contribution in [2.45, 2.75) is 17.9 Å². The molecule has 8 heteroatoms. The van der Waals surface area contributed by atoms with Crippen molar-refractivity contribution in [3.8, 4) is 11.5 Å². The molecule has 0 saturated carbocycles. The summed E-state index contributed by atoms with van der Waals surface area (Å²) in [6.07, 6.45) is 0. The number of likely N-dealkylation sites (N-methyl/N-ethyl adjacent to an activating group) is 1. The van der Waals surface area contributed by atoms with Crippen molar-refractivity contribution in [3.05, 3.63) is 18.2 Å². The maximum Gasteiger partial charge on any atom is 0.247 e. The quantitative estimate of drug-likeness (QED) is 0.807. The second-order valence-electron chi connectivity index (χ2n) is 5.07. The zero-order valence-electron chi connectivity index (χ0n) is 13.1. The van der Waals surface area contributed by atoms with Gasteiger partial charge in [0, 0.05) is 26.2 Å². The average Bonchev–Trinajstić information content (AvgIpc) is 2.51. The molecular weight excluding hydrogens is 308 g/mol. The minimum Gasteiger partial charge on any atom is -0.497 e. The van der Waals surface area contributed by atoms with E-state index in [1.54, 1.807) is 20.0 Å². The molecule has 1 saturated heterocycles. The second kappa shape index (κ2) is 6.13. The molecule has 22 heavy (non-hydrogen) atoms. The third-order valence-electron chi connectivity index (χ3n) is 3.78. The first-order valence-corrected chi connectivity index (χ1v) is 8.25. The predicted octanol–water partition coefficient (Wildman–Crippen LogP) is 0.555. The van der Waals surface area contributed by atoms with Crippen LogP contribution in [0.25, 0.3) is 0 Å². The van der Waals surface area contributed by atoms with Crippen molar-refractivity contribution < 1.29 is 22.7 Å². The van der Waals surface area contributed by atoms with Gasteiger partial charge in [0.2, 0.25) is 15.9 Å². The van der Waals surface area contributed by atoms with E-state index in [-0.39, 0.29) is 23.1 Å². The van der Waals surface area contributed by atoms with Gasteiger partial charge in [0.05, 0.1) is 14.2 Å². The summed E-state index contributed by atoms with van der Waals surface area (Å²) in [7, 11) is 0.660. The highest BCUT2D eigenvalue weighted by atomic mass is 32.2. The van der Waals surface area contributed by atoms with Gasteiger partial charge in [-0.05, 0) is 19.1 Å². The molecule has 1 aromatic carbocycles. The Morgan fingerprint density at radius 3 is 2.45 bits per heavy atom. The molecule has 1 fully saturated rings. The SMILES string of the molecule is COc1ccc(OC)c(S(=O)(=O)N2CCN(C)C(=O)C2C)c1. The van der Waals surface area contributed by atoms with Gasteiger partial charge in [-0.3, -0.25) is 4.79 Å². The fraction of sp³-hybridized carbons (Fsp3) is 0.500. The first kappa shape index (κ1) is 16.6. The van der Waals surface area contributed by atoms with E-state index < -0.39 is 16.1 Å². The molecule has 0 N–H and O–H groups in total. The number of amides is 1. The summed E-state index contributed by atoms with van der Waals surface area (Å²) in [4.78, 5) is 13.6. The highest BCUT2D eigenvalue weighted by molar-refractivity contribution is 7.89. The van der Waals surface area contributed by atoms with E-state index in [0.717, 1.165) is 0 Å². The second-order valence-corrected chi connectivity index (χ2v) is 6.93. The molecule has 0 radical (unpaired) electrons. The fourth-order valence-electron chi connectivity index (χ4n) is 2.43. The topological polar surface area (TPSA) is 76.2 Å². The lowest BCUT2D eigenvalue weighted by Crippen LogP contribution is -2.56. The van der Waals surface area contributed by atoms with Gasteiger partial charge in [-0.1, -0.05) is 0 Å². The number of ether oxygens (including phenoxy) is 2. The van der Waals surface area contributed by atoms with Gasteiger partial charge >= 0.3 is 0 Å². The summed E-state index contributed by atoms with van der Waals surface area (Å²) in [5.41, 5.74) is 0. The zero-order chi connectivity index (χ0) is 16.5. The summed E-state index contributed by atoms with van der Waals surface area (Å²) in [5, 5.41) is 0. The molecule has 0 bridgehead atoms. The van der Waals surface area contributed by atoms with Crippen LogP contribution in [0, 0.1) is 0 Å². The summed E-state index contributed by atoms with van der Waals surface area (Å²) >= 11 is 0. The smallest absolute Gasteiger partial charge is 0.247 e. The van der Waals surface area contributed by atoms with Crippen molar-refractivity contribution in [1.82, 2.24) is 9.21 Å². The van der Waals surface area contributed by atoms with Crippen LogP contribution in [0.3, 0.4) is 0 Å². The monoisotopic (exact) mass is 328 g/mol. The Kier molecular flexibility index (Phi) is 4.62. The van der Waals surface area contributed by atoms with Crippen LogP contribution in [-0.2, 0) is 14.8 Å². The van der Waals surface area contributed by atoms with Crippen LogP contribution in [0.2, 0.25) is 0 Å². The lowest BCUT2D eigenvalue weighted by molar-refractivity contribution is -0.136. The Hall–Kier alpha value is -1.80. The maximum absolute atomic E-state index is 12.9. The Morgan fingerprint density at radius 2 is 1.86 bits per heavy atom. The molecule has 2 rings (SSSR count). The van der Waals surface area contributed by atoms with Gasteiger partial charge in [0.15, 0.2) is 0 Å². The minimum atomic E-state index is -3.86. The molecule has 7 nitrogen and oxygen atoms in total. The number of hydrogen-bond donors (Lipinski definition) is 0. The molecule has 0 aliphatic carbocycles. The van der Waals surface area contributed by atoms with Gasteiger partial charge in [0.1, 0.15) is 22.4 Å². The Labute approximate surface area is 130 Å². The van der Waals surface area contributed by atoms with E-state index in [1.807, 2.05) is 0 Å². The number of methoxy groups -OCH3 is 2. The molecule has 0 spiro atoms. The summed E-state index contributed by atoms with van der Waals surface area (Å²) in [6.45, 7) is 2.18. The van der Waals surface area contributed by atoms with Crippen molar-refractivity contribution in [2.75, 3.05) is 34.4 Å². The van der Waals surface area contributed by atoms with E-state index in [2.05, 4.69) is 0 Å². The van der Waals surface area contributed by atoms with Crippen molar-refractivity contribution in [2.24, 2.45) is 0 Å². The maximum atomic E-state index is 12.9. The third-order valence-corrected chi connectivity index (χ3v) is 5.77. The lowest BCUT2D eigenvalue weighted by Gasteiger charge is -2.36. The van der Waals surface area contributed by atoms with Crippen LogP contribution in [0.5, 0.6) is 11.5 Å². The Bertz CT molecular complexity index is 674. The number of sulfonamides is 1. The Morgan fingerprint density at radius 1 is 1.18 bits per heavy atom. The fourth-order valence-corrected chi connectivity index (χ4v) is 4.19. The van der Waals surface area contributed by atoms with Gasteiger partial charge < -0.3 is 14.4 Å². The number of carbonyl (C=O) groups excluding carboxylic acids is 1. The molecule has 0 aromatic heterocycles. The molecule has 1 unspecified atom stereocenters. The van der Waals surface area contributed by atoms with Gasteiger partial charge in [-0.15, -0.1) is 0 Å². The number of nitrogens with zero attached hydrogens (tertiary/aromatic N) is 2. The number of rotatable bonds is 4. The predicted molar refractivity (Wildman–Crippen MR) is 80.5 cm³/mol. The lowest BCUT2D eigenvalue weighted by atomic mass is 10.2. The first-order valence-electron chi connectivity index (χ1n) is 6.81. The highest BCUT2D eigenvalue weighted by Gasteiger charge is 2.39. The normalized spacial score (nSPS) is 20.1. The summed E-state index contributed by atoms with van der Waals surface area (Å²) in [6, 6.07) is 3.81. The number of carbonyl (C=O) groups is 1. The molecule has 1 aromatic rings. The largest absolute Gasteiger partial charge is 0.497 e. The molecule has 1 aliphatic heterocycles. The standard InChI is InChI=1S/C14H20N2O5S/c1-10-14(17)15(2)7-8-16(10)22(18,19)13-9-11(20-3)5-6-12(13)21-4/h5-6,9-10H,7-8H2,1-4H3. The van der Waals surface area contributed by atoms with E-state index in [0.29, 0.717) is 12.3 Å². The molecule has 122 valence electrons. The van der Waals surface area contributed by atoms with Crippen LogP contribution in [0.1, 0.15) is 6.92 Å². The molecule has 1 heterocycles. The minimum absolute atomic E-state index is 0.00134. The van der Waals surface area contributed by atoms with Crippen molar-refractivity contribution >= 4 is 15.9 Å². The van der Waals surface area contributed by atoms with Crippen LogP contribution in [-0.4, -0.2) is 63.9 Å². The highest BCUT2D eigenvalue weighted by Crippen LogP contribution is 2.32. The zero-order valence-corrected chi connectivity index (χ0v) is 13.9. The third kappa shape index (κ3) is 2.76. The summed E-state index contributed by atoms with van der Waals surface area (Å²) < 4.78 is 37.3. The molecule has 1 amide bonds. The van der Waals surface area contributed by atoms with E-state index in [9.17, 15) is 13.2 Å². The number of piperazine rings is 1. The van der Waals surface area contributed by atoms with Gasteiger partial charge in [0.25, 0.3) is 0 Å². The average molecular weight is 328 g/mol. The van der Waals surface area contributed by atoms with Crippen LogP contribution in [0.15, 0.2) is 23.1 Å². The van der Waals surface area contributed by atoms with E-state index in [4.69, 9.17) is 9.47 Å². The van der Waals surface area contributed by atoms with Crippen LogP contribution < -0.4 is 9.47 Å². The molecule has 1 atom stereocenters. The molecular formula is C14H20N2O5S. The summed E-state index contributed by atoms with van der Waals surface area (Å²) in [5.74, 6) is 0.406. The van der Waals surface area contributed by atoms with Crippen LogP contribution in [0.4, 0.5) is 0 Å². The number of hydrogen-bond acceptors (Lipinski definition) is 5. The van der Waals surface area contributed by atoms with Crippen molar-refractivity contribution in [3.63, 3.8) is 0 Å². The van der Waals surface area contributed by atoms with Crippen molar-refractivity contribution in [1.29, 1.82) is 0 Å². The van der Waals surface area contributed by atoms with E-state index >= 15 is 0 Å². The van der Waals surface area contributed by atoms with Gasteiger partial charge in [-0.25, -0.2) is 8.42 Å². The first-order chi connectivity index (χ1) is 10.3.